The predicted octanol–water partition coefficient (Wildman–Crippen LogP) is 3.55. The Labute approximate surface area is 166 Å². The van der Waals surface area contributed by atoms with Crippen LogP contribution in [0.1, 0.15) is 15.9 Å². The molecule has 140 valence electrons. The highest BCUT2D eigenvalue weighted by Gasteiger charge is 2.08. The highest BCUT2D eigenvalue weighted by Crippen LogP contribution is 2.26. The lowest BCUT2D eigenvalue weighted by atomic mass is 10.2. The number of carbonyl (C=O) groups is 3. The number of carbonyl (C=O) groups excluding carboxylic acids is 3. The fraction of sp³-hybridized carbons (Fsp3) is 0.105. The van der Waals surface area contributed by atoms with E-state index in [9.17, 15) is 14.4 Å². The maximum Gasteiger partial charge on any atom is 0.325 e. The molecule has 0 fully saturated rings. The van der Waals surface area contributed by atoms with Crippen molar-refractivity contribution in [1.82, 2.24) is 5.32 Å². The number of benzene rings is 2. The number of halogens is 2. The third kappa shape index (κ3) is 6.13. The van der Waals surface area contributed by atoms with Crippen LogP contribution in [0, 0.1) is 0 Å². The number of anilines is 1. The average molecular weight is 407 g/mol. The van der Waals surface area contributed by atoms with Crippen molar-refractivity contribution >= 4 is 52.7 Å². The van der Waals surface area contributed by atoms with Crippen molar-refractivity contribution in [3.8, 4) is 0 Å². The minimum absolute atomic E-state index is 0.218. The molecule has 0 heterocycles. The molecule has 0 bridgehead atoms. The molecule has 0 aromatic heterocycles. The molecule has 0 saturated heterocycles. The molecule has 2 aromatic rings. The van der Waals surface area contributed by atoms with Crippen molar-refractivity contribution in [1.29, 1.82) is 0 Å². The van der Waals surface area contributed by atoms with E-state index in [0.29, 0.717) is 26.9 Å². The summed E-state index contributed by atoms with van der Waals surface area (Å²) >= 11 is 12.0. The smallest absolute Gasteiger partial charge is 0.325 e. The van der Waals surface area contributed by atoms with Crippen LogP contribution in [-0.4, -0.2) is 31.4 Å². The first-order valence-electron chi connectivity index (χ1n) is 7.79. The number of rotatable bonds is 6. The SMILES string of the molecule is COC(=O)CNC(=O)c1ccc(NC(=O)/C=C/c2cccc(Cl)c2Cl)cc1. The molecule has 0 radical (unpaired) electrons. The van der Waals surface area contributed by atoms with E-state index in [4.69, 9.17) is 23.2 Å². The third-order valence-electron chi connectivity index (χ3n) is 3.43. The molecule has 6 nitrogen and oxygen atoms in total. The van der Waals surface area contributed by atoms with Gasteiger partial charge in [-0.2, -0.15) is 0 Å². The monoisotopic (exact) mass is 406 g/mol. The van der Waals surface area contributed by atoms with Gasteiger partial charge in [-0.05, 0) is 42.0 Å². The van der Waals surface area contributed by atoms with Crippen molar-refractivity contribution in [2.75, 3.05) is 19.0 Å². The van der Waals surface area contributed by atoms with Crippen LogP contribution in [0.15, 0.2) is 48.5 Å². The number of amides is 2. The van der Waals surface area contributed by atoms with Gasteiger partial charge in [0.1, 0.15) is 6.54 Å². The first-order chi connectivity index (χ1) is 12.9. The van der Waals surface area contributed by atoms with Crippen LogP contribution >= 0.6 is 23.2 Å². The van der Waals surface area contributed by atoms with Crippen LogP contribution in [-0.2, 0) is 14.3 Å². The second kappa shape index (κ2) is 9.75. The molecule has 0 atom stereocenters. The number of ether oxygens (including phenoxy) is 1. The molecule has 0 aliphatic heterocycles. The van der Waals surface area contributed by atoms with Crippen molar-refractivity contribution in [2.45, 2.75) is 0 Å². The molecule has 2 aromatic carbocycles. The van der Waals surface area contributed by atoms with Crippen molar-refractivity contribution in [3.05, 3.63) is 69.7 Å². The van der Waals surface area contributed by atoms with Crippen molar-refractivity contribution in [2.24, 2.45) is 0 Å². The summed E-state index contributed by atoms with van der Waals surface area (Å²) in [4.78, 5) is 34.9. The van der Waals surface area contributed by atoms with Gasteiger partial charge >= 0.3 is 5.97 Å². The Morgan fingerprint density at radius 2 is 1.78 bits per heavy atom. The Morgan fingerprint density at radius 1 is 1.07 bits per heavy atom. The second-order valence-electron chi connectivity index (χ2n) is 5.30. The molecule has 2 rings (SSSR count). The lowest BCUT2D eigenvalue weighted by molar-refractivity contribution is -0.139. The molecule has 0 saturated carbocycles. The van der Waals surface area contributed by atoms with Gasteiger partial charge in [-0.25, -0.2) is 0 Å². The van der Waals surface area contributed by atoms with E-state index < -0.39 is 11.9 Å². The molecular formula is C19H16Cl2N2O4. The highest BCUT2D eigenvalue weighted by atomic mass is 35.5. The van der Waals surface area contributed by atoms with Gasteiger partial charge < -0.3 is 15.4 Å². The zero-order valence-corrected chi connectivity index (χ0v) is 15.8. The molecule has 2 amide bonds. The van der Waals surface area contributed by atoms with Crippen LogP contribution in [0.25, 0.3) is 6.08 Å². The van der Waals surface area contributed by atoms with Crippen LogP contribution in [0.3, 0.4) is 0 Å². The molecule has 2 N–H and O–H groups in total. The lowest BCUT2D eigenvalue weighted by Crippen LogP contribution is -2.30. The standard InChI is InChI=1S/C19H16Cl2N2O4/c1-27-17(25)11-22-19(26)13-5-8-14(9-6-13)23-16(24)10-7-12-3-2-4-15(20)18(12)21/h2-10H,11H2,1H3,(H,22,26)(H,23,24)/b10-7+. The minimum atomic E-state index is -0.543. The minimum Gasteiger partial charge on any atom is -0.468 e. The first-order valence-corrected chi connectivity index (χ1v) is 8.54. The number of hydrogen-bond acceptors (Lipinski definition) is 4. The zero-order valence-electron chi connectivity index (χ0n) is 14.3. The van der Waals surface area contributed by atoms with Crippen LogP contribution in [0.4, 0.5) is 5.69 Å². The summed E-state index contributed by atoms with van der Waals surface area (Å²) in [6.07, 6.45) is 2.88. The van der Waals surface area contributed by atoms with E-state index >= 15 is 0 Å². The van der Waals surface area contributed by atoms with E-state index in [1.807, 2.05) is 0 Å². The Hall–Kier alpha value is -2.83. The average Bonchev–Trinajstić information content (AvgIpc) is 2.67. The Bertz CT molecular complexity index is 880. The number of nitrogens with one attached hydrogen (secondary N) is 2. The normalized spacial score (nSPS) is 10.5. The van der Waals surface area contributed by atoms with Gasteiger partial charge in [-0.15, -0.1) is 0 Å². The fourth-order valence-electron chi connectivity index (χ4n) is 2.03. The van der Waals surface area contributed by atoms with E-state index in [-0.39, 0.29) is 12.5 Å². The predicted molar refractivity (Wildman–Crippen MR) is 105 cm³/mol. The summed E-state index contributed by atoms with van der Waals surface area (Å²) in [5.41, 5.74) is 1.47. The van der Waals surface area contributed by atoms with Crippen LogP contribution in [0.2, 0.25) is 10.0 Å². The maximum atomic E-state index is 12.0. The summed E-state index contributed by atoms with van der Waals surface area (Å²) in [7, 11) is 1.24. The van der Waals surface area contributed by atoms with Gasteiger partial charge in [0.25, 0.3) is 5.91 Å². The lowest BCUT2D eigenvalue weighted by Gasteiger charge is -2.06. The maximum absolute atomic E-state index is 12.0. The number of esters is 1. The molecule has 27 heavy (non-hydrogen) atoms. The molecule has 0 aliphatic carbocycles. The summed E-state index contributed by atoms with van der Waals surface area (Å²) in [5.74, 6) is -1.33. The third-order valence-corrected chi connectivity index (χ3v) is 4.26. The number of hydrogen-bond donors (Lipinski definition) is 2. The van der Waals surface area contributed by atoms with Gasteiger partial charge in [0.2, 0.25) is 5.91 Å². The summed E-state index contributed by atoms with van der Waals surface area (Å²) in [5, 5.41) is 5.86. The van der Waals surface area contributed by atoms with Crippen molar-refractivity contribution in [3.63, 3.8) is 0 Å². The second-order valence-corrected chi connectivity index (χ2v) is 6.09. The van der Waals surface area contributed by atoms with Crippen LogP contribution in [0.5, 0.6) is 0 Å². The summed E-state index contributed by atoms with van der Waals surface area (Å²) in [6.45, 7) is -0.218. The Kier molecular flexibility index (Phi) is 7.40. The first kappa shape index (κ1) is 20.5. The van der Waals surface area contributed by atoms with Crippen molar-refractivity contribution < 1.29 is 19.1 Å². The molecule has 0 unspecified atom stereocenters. The fourth-order valence-corrected chi connectivity index (χ4v) is 2.40. The van der Waals surface area contributed by atoms with E-state index in [1.165, 1.54) is 25.3 Å². The summed E-state index contributed by atoms with van der Waals surface area (Å²) < 4.78 is 4.44. The molecule has 8 heteroatoms. The highest BCUT2D eigenvalue weighted by molar-refractivity contribution is 6.42. The number of methoxy groups -OCH3 is 1. The van der Waals surface area contributed by atoms with Gasteiger partial charge in [0.05, 0.1) is 17.2 Å². The van der Waals surface area contributed by atoms with E-state index in [1.54, 1.807) is 36.4 Å². The molecule has 0 aliphatic rings. The van der Waals surface area contributed by atoms with Gasteiger partial charge in [-0.3, -0.25) is 14.4 Å². The topological polar surface area (TPSA) is 84.5 Å². The molecule has 0 spiro atoms. The van der Waals surface area contributed by atoms with Gasteiger partial charge in [0.15, 0.2) is 0 Å². The van der Waals surface area contributed by atoms with Crippen LogP contribution < -0.4 is 10.6 Å². The van der Waals surface area contributed by atoms with E-state index in [2.05, 4.69) is 15.4 Å². The quantitative estimate of drug-likeness (QED) is 0.567. The summed E-state index contributed by atoms with van der Waals surface area (Å²) in [6, 6.07) is 11.3. The van der Waals surface area contributed by atoms with Gasteiger partial charge in [-0.1, -0.05) is 35.3 Å². The largest absolute Gasteiger partial charge is 0.468 e. The zero-order chi connectivity index (χ0) is 19.8. The Balaban J connectivity index is 1.94. The molecular weight excluding hydrogens is 391 g/mol. The van der Waals surface area contributed by atoms with E-state index in [0.717, 1.165) is 0 Å². The Morgan fingerprint density at radius 3 is 2.44 bits per heavy atom. The van der Waals surface area contributed by atoms with Gasteiger partial charge in [0, 0.05) is 17.3 Å².